The van der Waals surface area contributed by atoms with Gasteiger partial charge in [0.2, 0.25) is 0 Å². The average Bonchev–Trinajstić information content (AvgIpc) is 2.49. The summed E-state index contributed by atoms with van der Waals surface area (Å²) in [5.74, 6) is -0.123. The Kier molecular flexibility index (Phi) is 4.72. The lowest BCUT2D eigenvalue weighted by Crippen LogP contribution is -2.21. The van der Waals surface area contributed by atoms with E-state index >= 15 is 0 Å². The number of carbonyl (C=O) groups is 1. The van der Waals surface area contributed by atoms with Gasteiger partial charge in [0.25, 0.3) is 5.91 Å². The van der Waals surface area contributed by atoms with Crippen LogP contribution in [0.4, 0.5) is 0 Å². The first-order valence-electron chi connectivity index (χ1n) is 6.85. The van der Waals surface area contributed by atoms with Crippen LogP contribution in [0.2, 0.25) is 0 Å². The molecule has 1 N–H and O–H groups in total. The van der Waals surface area contributed by atoms with Crippen LogP contribution in [0.5, 0.6) is 0 Å². The van der Waals surface area contributed by atoms with Gasteiger partial charge in [-0.05, 0) is 29.7 Å². The number of rotatable bonds is 5. The summed E-state index contributed by atoms with van der Waals surface area (Å²) in [7, 11) is 0. The lowest BCUT2D eigenvalue weighted by molar-refractivity contribution is 0.0974. The fourth-order valence-electron chi connectivity index (χ4n) is 2.03. The van der Waals surface area contributed by atoms with Gasteiger partial charge < -0.3 is 5.32 Å². The molecule has 2 aromatic rings. The number of hydrogen-bond donors (Lipinski definition) is 1. The monoisotopic (exact) mass is 265 g/mol. The fraction of sp³-hybridized carbons (Fsp3) is 0.167. The van der Waals surface area contributed by atoms with E-state index in [0.29, 0.717) is 11.3 Å². The Labute approximate surface area is 120 Å². The largest absolute Gasteiger partial charge is 0.322 e. The van der Waals surface area contributed by atoms with Crippen molar-refractivity contribution in [1.82, 2.24) is 5.32 Å². The van der Waals surface area contributed by atoms with E-state index in [0.717, 1.165) is 18.4 Å². The summed E-state index contributed by atoms with van der Waals surface area (Å²) in [6, 6.07) is 17.4. The highest BCUT2D eigenvalue weighted by Crippen LogP contribution is 2.11. The van der Waals surface area contributed by atoms with Gasteiger partial charge in [-0.2, -0.15) is 0 Å². The predicted octanol–water partition coefficient (Wildman–Crippen LogP) is 4.04. The minimum atomic E-state index is -0.123. The summed E-state index contributed by atoms with van der Waals surface area (Å²) in [6.45, 7) is 6.05. The molecule has 0 bridgehead atoms. The molecule has 0 atom stereocenters. The predicted molar refractivity (Wildman–Crippen MR) is 83.4 cm³/mol. The maximum absolute atomic E-state index is 12.1. The Morgan fingerprint density at radius 3 is 2.25 bits per heavy atom. The first-order valence-corrected chi connectivity index (χ1v) is 6.85. The number of carbonyl (C=O) groups excluding carboxylic acids is 1. The molecule has 0 radical (unpaired) electrons. The third kappa shape index (κ3) is 3.58. The van der Waals surface area contributed by atoms with Crippen LogP contribution in [0.25, 0.3) is 5.70 Å². The molecule has 0 saturated heterocycles. The number of aryl methyl sites for hydroxylation is 1. The zero-order chi connectivity index (χ0) is 14.4. The zero-order valence-corrected chi connectivity index (χ0v) is 11.7. The maximum Gasteiger partial charge on any atom is 0.255 e. The van der Waals surface area contributed by atoms with E-state index in [1.54, 1.807) is 0 Å². The summed E-state index contributed by atoms with van der Waals surface area (Å²) in [5, 5.41) is 2.83. The zero-order valence-electron chi connectivity index (χ0n) is 11.7. The SMILES string of the molecule is C=C(NC(=O)c1ccc(CCC)cc1)c1ccccc1. The molecule has 1 amide bonds. The van der Waals surface area contributed by atoms with Crippen molar-refractivity contribution in [2.75, 3.05) is 0 Å². The number of benzene rings is 2. The normalized spacial score (nSPS) is 10.1. The molecule has 0 fully saturated rings. The Morgan fingerprint density at radius 2 is 1.65 bits per heavy atom. The lowest BCUT2D eigenvalue weighted by atomic mass is 10.1. The Bertz CT molecular complexity index is 585. The summed E-state index contributed by atoms with van der Waals surface area (Å²) >= 11 is 0. The molecule has 0 saturated carbocycles. The molecule has 0 unspecified atom stereocenters. The first-order chi connectivity index (χ1) is 9.70. The van der Waals surface area contributed by atoms with E-state index in [-0.39, 0.29) is 5.91 Å². The minimum Gasteiger partial charge on any atom is -0.322 e. The number of hydrogen-bond acceptors (Lipinski definition) is 1. The first kappa shape index (κ1) is 14.1. The molecular weight excluding hydrogens is 246 g/mol. The van der Waals surface area contributed by atoms with Gasteiger partial charge in [-0.3, -0.25) is 4.79 Å². The van der Waals surface area contributed by atoms with Crippen LogP contribution in [-0.2, 0) is 6.42 Å². The second-order valence-electron chi connectivity index (χ2n) is 4.75. The molecule has 0 spiro atoms. The van der Waals surface area contributed by atoms with Gasteiger partial charge in [0, 0.05) is 11.3 Å². The Balaban J connectivity index is 2.03. The van der Waals surface area contributed by atoms with Crippen LogP contribution in [-0.4, -0.2) is 5.91 Å². The molecule has 0 aromatic heterocycles. The van der Waals surface area contributed by atoms with E-state index in [2.05, 4.69) is 18.8 Å². The molecule has 102 valence electrons. The van der Waals surface area contributed by atoms with Crippen LogP contribution < -0.4 is 5.32 Å². The number of nitrogens with one attached hydrogen (secondary N) is 1. The third-order valence-electron chi connectivity index (χ3n) is 3.14. The van der Waals surface area contributed by atoms with Gasteiger partial charge in [-0.25, -0.2) is 0 Å². The van der Waals surface area contributed by atoms with Crippen LogP contribution in [0, 0.1) is 0 Å². The fourth-order valence-corrected chi connectivity index (χ4v) is 2.03. The lowest BCUT2D eigenvalue weighted by Gasteiger charge is -2.09. The highest BCUT2D eigenvalue weighted by atomic mass is 16.1. The molecule has 2 rings (SSSR count). The van der Waals surface area contributed by atoms with Gasteiger partial charge in [0.15, 0.2) is 0 Å². The Hall–Kier alpha value is -2.35. The van der Waals surface area contributed by atoms with Crippen molar-refractivity contribution < 1.29 is 4.79 Å². The highest BCUT2D eigenvalue weighted by molar-refractivity contribution is 5.99. The van der Waals surface area contributed by atoms with Gasteiger partial charge in [0.1, 0.15) is 0 Å². The van der Waals surface area contributed by atoms with Gasteiger partial charge in [0.05, 0.1) is 0 Å². The molecule has 2 aromatic carbocycles. The van der Waals surface area contributed by atoms with Crippen molar-refractivity contribution in [2.24, 2.45) is 0 Å². The standard InChI is InChI=1S/C18H19NO/c1-3-7-15-10-12-17(13-11-15)18(20)19-14(2)16-8-5-4-6-9-16/h4-6,8-13H,2-3,7H2,1H3,(H,19,20). The second kappa shape index (κ2) is 6.71. The van der Waals surface area contributed by atoms with Gasteiger partial charge in [-0.1, -0.05) is 62.4 Å². The molecule has 2 heteroatoms. The number of amides is 1. The van der Waals surface area contributed by atoms with Crippen LogP contribution in [0.1, 0.15) is 34.8 Å². The average molecular weight is 265 g/mol. The maximum atomic E-state index is 12.1. The topological polar surface area (TPSA) is 29.1 Å². The van der Waals surface area contributed by atoms with Crippen molar-refractivity contribution in [3.8, 4) is 0 Å². The van der Waals surface area contributed by atoms with Crippen molar-refractivity contribution in [2.45, 2.75) is 19.8 Å². The van der Waals surface area contributed by atoms with Crippen LogP contribution in [0.15, 0.2) is 61.2 Å². The molecule has 2 nitrogen and oxygen atoms in total. The van der Waals surface area contributed by atoms with E-state index in [1.807, 2.05) is 54.6 Å². The molecule has 0 aliphatic carbocycles. The molecule has 0 aliphatic rings. The molecule has 0 aliphatic heterocycles. The van der Waals surface area contributed by atoms with E-state index in [1.165, 1.54) is 5.56 Å². The van der Waals surface area contributed by atoms with Crippen molar-refractivity contribution >= 4 is 11.6 Å². The second-order valence-corrected chi connectivity index (χ2v) is 4.75. The van der Waals surface area contributed by atoms with Gasteiger partial charge >= 0.3 is 0 Å². The third-order valence-corrected chi connectivity index (χ3v) is 3.14. The van der Waals surface area contributed by atoms with Crippen molar-refractivity contribution in [3.05, 3.63) is 77.9 Å². The van der Waals surface area contributed by atoms with Gasteiger partial charge in [-0.15, -0.1) is 0 Å². The highest BCUT2D eigenvalue weighted by Gasteiger charge is 2.07. The Morgan fingerprint density at radius 1 is 1.00 bits per heavy atom. The van der Waals surface area contributed by atoms with E-state index in [9.17, 15) is 4.79 Å². The molecule has 20 heavy (non-hydrogen) atoms. The molecular formula is C18H19NO. The summed E-state index contributed by atoms with van der Waals surface area (Å²) in [6.07, 6.45) is 2.15. The smallest absolute Gasteiger partial charge is 0.255 e. The van der Waals surface area contributed by atoms with Crippen LogP contribution >= 0.6 is 0 Å². The van der Waals surface area contributed by atoms with Crippen LogP contribution in [0.3, 0.4) is 0 Å². The molecule has 0 heterocycles. The van der Waals surface area contributed by atoms with E-state index in [4.69, 9.17) is 0 Å². The summed E-state index contributed by atoms with van der Waals surface area (Å²) in [4.78, 5) is 12.1. The quantitative estimate of drug-likeness (QED) is 0.868. The van der Waals surface area contributed by atoms with Crippen molar-refractivity contribution in [3.63, 3.8) is 0 Å². The minimum absolute atomic E-state index is 0.123. The van der Waals surface area contributed by atoms with Crippen molar-refractivity contribution in [1.29, 1.82) is 0 Å². The summed E-state index contributed by atoms with van der Waals surface area (Å²) in [5.41, 5.74) is 3.45. The van der Waals surface area contributed by atoms with E-state index < -0.39 is 0 Å². The summed E-state index contributed by atoms with van der Waals surface area (Å²) < 4.78 is 0.